The Bertz CT molecular complexity index is 690. The highest BCUT2D eigenvalue weighted by Gasteiger charge is 2.45. The van der Waals surface area contributed by atoms with Crippen molar-refractivity contribution >= 4 is 11.7 Å². The maximum atomic E-state index is 12.4. The summed E-state index contributed by atoms with van der Waals surface area (Å²) in [5.41, 5.74) is 6.43. The number of aryl methyl sites for hydroxylation is 1. The first-order valence-electron chi connectivity index (χ1n) is 10.3. The van der Waals surface area contributed by atoms with Crippen LogP contribution in [0.15, 0.2) is 6.07 Å². The first kappa shape index (κ1) is 18.6. The molecule has 1 aromatic heterocycles. The standard InChI is InChI=1S/C20H31N5O2/c1-14-22-17(15-11-16(26)12-15)13-18(23-14)24-9-5-20(6-10-24,19(21)27)25-7-3-2-4-8-25/h13,15-16,26H,2-12H2,1H3,(H2,21,27). The molecule has 1 saturated carbocycles. The number of hydrogen-bond acceptors (Lipinski definition) is 6. The number of aromatic nitrogens is 2. The number of amides is 1. The van der Waals surface area contributed by atoms with E-state index in [0.717, 1.165) is 82.0 Å². The topological polar surface area (TPSA) is 95.6 Å². The van der Waals surface area contributed by atoms with Gasteiger partial charge in [0.05, 0.1) is 6.10 Å². The number of nitrogens with two attached hydrogens (primary N) is 1. The maximum Gasteiger partial charge on any atom is 0.238 e. The number of nitrogens with zero attached hydrogens (tertiary/aromatic N) is 4. The molecule has 0 atom stereocenters. The first-order chi connectivity index (χ1) is 13.0. The van der Waals surface area contributed by atoms with E-state index in [1.807, 2.05) is 6.92 Å². The average Bonchev–Trinajstić information content (AvgIpc) is 2.65. The quantitative estimate of drug-likeness (QED) is 0.827. The molecule has 3 heterocycles. The van der Waals surface area contributed by atoms with Crippen molar-refractivity contribution in [2.24, 2.45) is 5.73 Å². The zero-order valence-electron chi connectivity index (χ0n) is 16.2. The highest BCUT2D eigenvalue weighted by molar-refractivity contribution is 5.85. The van der Waals surface area contributed by atoms with E-state index in [2.05, 4.69) is 25.8 Å². The minimum absolute atomic E-state index is 0.174. The molecule has 3 aliphatic rings. The Morgan fingerprint density at radius 1 is 1.15 bits per heavy atom. The molecule has 148 valence electrons. The third-order valence-corrected chi connectivity index (χ3v) is 6.71. The lowest BCUT2D eigenvalue weighted by Crippen LogP contribution is -2.63. The van der Waals surface area contributed by atoms with Gasteiger partial charge in [-0.2, -0.15) is 0 Å². The van der Waals surface area contributed by atoms with E-state index in [-0.39, 0.29) is 12.0 Å². The van der Waals surface area contributed by atoms with E-state index in [4.69, 9.17) is 5.73 Å². The van der Waals surface area contributed by atoms with Gasteiger partial charge in [-0.15, -0.1) is 0 Å². The van der Waals surface area contributed by atoms with Crippen molar-refractivity contribution in [2.75, 3.05) is 31.1 Å². The predicted octanol–water partition coefficient (Wildman–Crippen LogP) is 1.33. The number of anilines is 1. The summed E-state index contributed by atoms with van der Waals surface area (Å²) in [5, 5.41) is 9.60. The second-order valence-electron chi connectivity index (χ2n) is 8.45. The normalized spacial score (nSPS) is 28.6. The van der Waals surface area contributed by atoms with E-state index in [1.54, 1.807) is 0 Å². The molecule has 1 aromatic rings. The van der Waals surface area contributed by atoms with E-state index in [9.17, 15) is 9.90 Å². The number of piperidine rings is 2. The Morgan fingerprint density at radius 2 is 1.81 bits per heavy atom. The van der Waals surface area contributed by atoms with Crippen LogP contribution in [-0.4, -0.2) is 63.7 Å². The maximum absolute atomic E-state index is 12.4. The number of aliphatic hydroxyl groups excluding tert-OH is 1. The Morgan fingerprint density at radius 3 is 2.41 bits per heavy atom. The Hall–Kier alpha value is -1.73. The van der Waals surface area contributed by atoms with Gasteiger partial charge in [-0.1, -0.05) is 6.42 Å². The second-order valence-corrected chi connectivity index (χ2v) is 8.45. The second kappa shape index (κ2) is 7.36. The molecule has 27 heavy (non-hydrogen) atoms. The van der Waals surface area contributed by atoms with Crippen LogP contribution in [-0.2, 0) is 4.79 Å². The number of hydrogen-bond donors (Lipinski definition) is 2. The lowest BCUT2D eigenvalue weighted by molar-refractivity contribution is -0.132. The summed E-state index contributed by atoms with van der Waals surface area (Å²) >= 11 is 0. The minimum atomic E-state index is -0.500. The summed E-state index contributed by atoms with van der Waals surface area (Å²) in [7, 11) is 0. The third-order valence-electron chi connectivity index (χ3n) is 6.71. The van der Waals surface area contributed by atoms with Crippen molar-refractivity contribution in [3.8, 4) is 0 Å². The van der Waals surface area contributed by atoms with Gasteiger partial charge in [-0.3, -0.25) is 9.69 Å². The third kappa shape index (κ3) is 3.55. The van der Waals surface area contributed by atoms with Gasteiger partial charge in [0.15, 0.2) is 0 Å². The molecule has 3 N–H and O–H groups in total. The SMILES string of the molecule is Cc1nc(C2CC(O)C2)cc(N2CCC(C(N)=O)(N3CCCCC3)CC2)n1. The molecule has 4 rings (SSSR count). The summed E-state index contributed by atoms with van der Waals surface area (Å²) in [5.74, 6) is 1.87. The average molecular weight is 374 g/mol. The summed E-state index contributed by atoms with van der Waals surface area (Å²) in [4.78, 5) is 26.2. The molecule has 1 amide bonds. The predicted molar refractivity (Wildman–Crippen MR) is 104 cm³/mol. The van der Waals surface area contributed by atoms with Crippen LogP contribution in [0.5, 0.6) is 0 Å². The van der Waals surface area contributed by atoms with Crippen molar-refractivity contribution < 1.29 is 9.90 Å². The van der Waals surface area contributed by atoms with E-state index >= 15 is 0 Å². The molecule has 2 saturated heterocycles. The lowest BCUT2D eigenvalue weighted by atomic mass is 9.80. The zero-order chi connectivity index (χ0) is 19.0. The van der Waals surface area contributed by atoms with Gasteiger partial charge in [0, 0.05) is 30.8 Å². The molecular weight excluding hydrogens is 342 g/mol. The molecule has 0 aromatic carbocycles. The Kier molecular flexibility index (Phi) is 5.07. The van der Waals surface area contributed by atoms with Crippen LogP contribution in [0.4, 0.5) is 5.82 Å². The molecule has 2 aliphatic heterocycles. The fourth-order valence-electron chi connectivity index (χ4n) is 4.92. The summed E-state index contributed by atoms with van der Waals surface area (Å²) < 4.78 is 0. The van der Waals surface area contributed by atoms with Gasteiger partial charge < -0.3 is 15.7 Å². The zero-order valence-corrected chi connectivity index (χ0v) is 16.2. The van der Waals surface area contributed by atoms with Gasteiger partial charge in [0.2, 0.25) is 5.91 Å². The van der Waals surface area contributed by atoms with Crippen LogP contribution in [0.3, 0.4) is 0 Å². The summed E-state index contributed by atoms with van der Waals surface area (Å²) in [6.07, 6.45) is 6.44. The summed E-state index contributed by atoms with van der Waals surface area (Å²) in [6, 6.07) is 2.07. The van der Waals surface area contributed by atoms with Crippen molar-refractivity contribution in [3.63, 3.8) is 0 Å². The molecule has 3 fully saturated rings. The number of carbonyl (C=O) groups excluding carboxylic acids is 1. The fourth-order valence-corrected chi connectivity index (χ4v) is 4.92. The number of aliphatic hydroxyl groups is 1. The molecule has 7 nitrogen and oxygen atoms in total. The van der Waals surface area contributed by atoms with Crippen molar-refractivity contribution in [1.82, 2.24) is 14.9 Å². The number of rotatable bonds is 4. The largest absolute Gasteiger partial charge is 0.393 e. The highest BCUT2D eigenvalue weighted by Crippen LogP contribution is 2.38. The van der Waals surface area contributed by atoms with Crippen LogP contribution in [0.1, 0.15) is 62.4 Å². The first-order valence-corrected chi connectivity index (χ1v) is 10.3. The number of likely N-dealkylation sites (tertiary alicyclic amines) is 1. The van der Waals surface area contributed by atoms with Crippen LogP contribution in [0.2, 0.25) is 0 Å². The smallest absolute Gasteiger partial charge is 0.238 e. The van der Waals surface area contributed by atoms with E-state index < -0.39 is 5.54 Å². The fraction of sp³-hybridized carbons (Fsp3) is 0.750. The van der Waals surface area contributed by atoms with Crippen LogP contribution < -0.4 is 10.6 Å². The van der Waals surface area contributed by atoms with E-state index in [1.165, 1.54) is 6.42 Å². The molecular formula is C20H31N5O2. The van der Waals surface area contributed by atoms with Gasteiger partial charge in [-0.05, 0) is 58.5 Å². The van der Waals surface area contributed by atoms with Gasteiger partial charge in [-0.25, -0.2) is 9.97 Å². The van der Waals surface area contributed by atoms with Crippen LogP contribution in [0.25, 0.3) is 0 Å². The molecule has 7 heteroatoms. The van der Waals surface area contributed by atoms with Gasteiger partial charge in [0.25, 0.3) is 0 Å². The van der Waals surface area contributed by atoms with Crippen LogP contribution >= 0.6 is 0 Å². The number of primary amides is 1. The Labute approximate surface area is 161 Å². The van der Waals surface area contributed by atoms with Crippen molar-refractivity contribution in [2.45, 2.75) is 69.4 Å². The minimum Gasteiger partial charge on any atom is -0.393 e. The molecule has 1 aliphatic carbocycles. The molecule has 0 bridgehead atoms. The molecule has 0 unspecified atom stereocenters. The lowest BCUT2D eigenvalue weighted by Gasteiger charge is -2.48. The highest BCUT2D eigenvalue weighted by atomic mass is 16.3. The number of carbonyl (C=O) groups is 1. The summed E-state index contributed by atoms with van der Waals surface area (Å²) in [6.45, 7) is 5.44. The van der Waals surface area contributed by atoms with Crippen molar-refractivity contribution in [1.29, 1.82) is 0 Å². The molecule has 0 radical (unpaired) electrons. The van der Waals surface area contributed by atoms with Crippen LogP contribution in [0, 0.1) is 6.92 Å². The van der Waals surface area contributed by atoms with E-state index in [0.29, 0.717) is 5.92 Å². The van der Waals surface area contributed by atoms with Crippen molar-refractivity contribution in [3.05, 3.63) is 17.6 Å². The monoisotopic (exact) mass is 373 g/mol. The Balaban J connectivity index is 1.49. The molecule has 0 spiro atoms. The van der Waals surface area contributed by atoms with Gasteiger partial charge >= 0.3 is 0 Å². The van der Waals surface area contributed by atoms with Gasteiger partial charge in [0.1, 0.15) is 17.2 Å².